The van der Waals surface area contributed by atoms with Gasteiger partial charge in [-0.05, 0) is 19.1 Å². The summed E-state index contributed by atoms with van der Waals surface area (Å²) in [7, 11) is 1.63. The van der Waals surface area contributed by atoms with Crippen molar-refractivity contribution in [1.29, 1.82) is 0 Å². The molecule has 0 amide bonds. The van der Waals surface area contributed by atoms with Gasteiger partial charge in [0.1, 0.15) is 17.6 Å². The maximum Gasteiger partial charge on any atom is 0.158 e. The Morgan fingerprint density at radius 2 is 2.10 bits per heavy atom. The van der Waals surface area contributed by atoms with Crippen LogP contribution in [0.1, 0.15) is 37.9 Å². The van der Waals surface area contributed by atoms with E-state index in [0.29, 0.717) is 22.3 Å². The first-order valence-corrected chi connectivity index (χ1v) is 8.59. The molecular weight excluding hydrogens is 294 g/mol. The second-order valence-electron chi connectivity index (χ2n) is 5.23. The summed E-state index contributed by atoms with van der Waals surface area (Å²) in [6.07, 6.45) is 8.75. The summed E-state index contributed by atoms with van der Waals surface area (Å²) in [6.45, 7) is 1.30. The van der Waals surface area contributed by atoms with E-state index >= 15 is 0 Å². The van der Waals surface area contributed by atoms with Crippen molar-refractivity contribution in [3.05, 3.63) is 17.0 Å². The molecule has 1 aromatic heterocycles. The fourth-order valence-corrected chi connectivity index (χ4v) is 3.76. The van der Waals surface area contributed by atoms with Gasteiger partial charge in [-0.15, -0.1) is 0 Å². The van der Waals surface area contributed by atoms with Crippen LogP contribution < -0.4 is 5.32 Å². The molecular formula is C14H22ClN3OS. The van der Waals surface area contributed by atoms with Crippen molar-refractivity contribution in [1.82, 2.24) is 9.97 Å². The van der Waals surface area contributed by atoms with E-state index in [0.717, 1.165) is 12.4 Å². The van der Waals surface area contributed by atoms with Crippen molar-refractivity contribution < 1.29 is 4.74 Å². The molecule has 4 nitrogen and oxygen atoms in total. The van der Waals surface area contributed by atoms with E-state index in [1.165, 1.54) is 32.1 Å². The van der Waals surface area contributed by atoms with E-state index in [1.54, 1.807) is 13.2 Å². The highest BCUT2D eigenvalue weighted by molar-refractivity contribution is 8.00. The van der Waals surface area contributed by atoms with E-state index in [1.807, 2.05) is 11.8 Å². The number of methoxy groups -OCH3 is 1. The minimum Gasteiger partial charge on any atom is -0.377 e. The Morgan fingerprint density at radius 3 is 2.75 bits per heavy atom. The summed E-state index contributed by atoms with van der Waals surface area (Å²) in [6, 6.07) is 1.78. The molecule has 0 aromatic carbocycles. The third kappa shape index (κ3) is 4.24. The SMILES string of the molecule is COCc1nc(Cl)cc(NCC2(SC)CCCCC2)n1. The first kappa shape index (κ1) is 15.9. The molecule has 1 aromatic rings. The van der Waals surface area contributed by atoms with Crippen LogP contribution in [0.4, 0.5) is 5.82 Å². The van der Waals surface area contributed by atoms with Gasteiger partial charge in [0, 0.05) is 24.5 Å². The summed E-state index contributed by atoms with van der Waals surface area (Å²) in [5.74, 6) is 1.40. The zero-order valence-electron chi connectivity index (χ0n) is 12.1. The van der Waals surface area contributed by atoms with Crippen LogP contribution >= 0.6 is 23.4 Å². The van der Waals surface area contributed by atoms with E-state index < -0.39 is 0 Å². The molecule has 0 bridgehead atoms. The molecule has 1 fully saturated rings. The molecule has 0 aliphatic heterocycles. The highest BCUT2D eigenvalue weighted by Crippen LogP contribution is 2.38. The molecule has 1 aliphatic rings. The fourth-order valence-electron chi connectivity index (χ4n) is 2.65. The van der Waals surface area contributed by atoms with E-state index in [-0.39, 0.29) is 0 Å². The Hall–Kier alpha value is -0.520. The zero-order valence-corrected chi connectivity index (χ0v) is 13.7. The Bertz CT molecular complexity index is 438. The smallest absolute Gasteiger partial charge is 0.158 e. The van der Waals surface area contributed by atoms with Gasteiger partial charge < -0.3 is 10.1 Å². The topological polar surface area (TPSA) is 47.0 Å². The number of hydrogen-bond acceptors (Lipinski definition) is 5. The van der Waals surface area contributed by atoms with E-state index in [4.69, 9.17) is 16.3 Å². The standard InChI is InChI=1S/C14H22ClN3OS/c1-19-9-13-17-11(15)8-12(18-13)16-10-14(20-2)6-4-3-5-7-14/h8H,3-7,9-10H2,1-2H3,(H,16,17,18). The summed E-state index contributed by atoms with van der Waals surface area (Å²) in [4.78, 5) is 8.57. The molecule has 0 atom stereocenters. The largest absolute Gasteiger partial charge is 0.377 e. The van der Waals surface area contributed by atoms with Gasteiger partial charge >= 0.3 is 0 Å². The number of thioether (sulfide) groups is 1. The van der Waals surface area contributed by atoms with Crippen LogP contribution in [0, 0.1) is 0 Å². The lowest BCUT2D eigenvalue weighted by Gasteiger charge is -2.36. The molecule has 0 radical (unpaired) electrons. The summed E-state index contributed by atoms with van der Waals surface area (Å²) in [5.41, 5.74) is 0. The van der Waals surface area contributed by atoms with Gasteiger partial charge in [-0.2, -0.15) is 11.8 Å². The number of hydrogen-bond donors (Lipinski definition) is 1. The molecule has 1 N–H and O–H groups in total. The molecule has 0 spiro atoms. The molecule has 6 heteroatoms. The Labute approximate surface area is 130 Å². The van der Waals surface area contributed by atoms with Crippen LogP contribution in [0.3, 0.4) is 0 Å². The second-order valence-corrected chi connectivity index (χ2v) is 6.89. The number of ether oxygens (including phenoxy) is 1. The second kappa shape index (κ2) is 7.48. The highest BCUT2D eigenvalue weighted by Gasteiger charge is 2.30. The van der Waals surface area contributed by atoms with Gasteiger partial charge in [0.25, 0.3) is 0 Å². The van der Waals surface area contributed by atoms with Crippen molar-refractivity contribution in [2.24, 2.45) is 0 Å². The number of aromatic nitrogens is 2. The Balaban J connectivity index is 2.02. The van der Waals surface area contributed by atoms with Crippen molar-refractivity contribution in [2.45, 2.75) is 43.5 Å². The lowest BCUT2D eigenvalue weighted by atomic mass is 9.88. The van der Waals surface area contributed by atoms with Crippen molar-refractivity contribution in [3.8, 4) is 0 Å². The third-order valence-electron chi connectivity index (χ3n) is 3.80. The van der Waals surface area contributed by atoms with E-state index in [2.05, 4.69) is 21.5 Å². The molecule has 0 unspecified atom stereocenters. The summed E-state index contributed by atoms with van der Waals surface area (Å²) in [5, 5.41) is 3.89. The summed E-state index contributed by atoms with van der Waals surface area (Å²) < 4.78 is 5.39. The normalized spacial score (nSPS) is 17.9. The number of anilines is 1. The predicted molar refractivity (Wildman–Crippen MR) is 85.6 cm³/mol. The minimum atomic E-state index is 0.330. The van der Waals surface area contributed by atoms with Crippen LogP contribution in [0.15, 0.2) is 6.07 Å². The van der Waals surface area contributed by atoms with E-state index in [9.17, 15) is 0 Å². The number of rotatable bonds is 6. The summed E-state index contributed by atoms with van der Waals surface area (Å²) >= 11 is 7.99. The minimum absolute atomic E-state index is 0.330. The fraction of sp³-hybridized carbons (Fsp3) is 0.714. The van der Waals surface area contributed by atoms with Gasteiger partial charge in [0.2, 0.25) is 0 Å². The number of nitrogens with zero attached hydrogens (tertiary/aromatic N) is 2. The van der Waals surface area contributed by atoms with Crippen molar-refractivity contribution in [2.75, 3.05) is 25.2 Å². The predicted octanol–water partition coefficient (Wildman–Crippen LogP) is 3.75. The third-order valence-corrected chi connectivity index (χ3v) is 5.42. The molecule has 1 heterocycles. The van der Waals surface area contributed by atoms with Gasteiger partial charge in [0.15, 0.2) is 5.82 Å². The number of halogens is 1. The van der Waals surface area contributed by atoms with Gasteiger partial charge in [0.05, 0.1) is 0 Å². The highest BCUT2D eigenvalue weighted by atomic mass is 35.5. The molecule has 20 heavy (non-hydrogen) atoms. The molecule has 2 rings (SSSR count). The van der Waals surface area contributed by atoms with Gasteiger partial charge in [-0.25, -0.2) is 9.97 Å². The molecule has 0 saturated heterocycles. The zero-order chi connectivity index (χ0) is 14.4. The maximum absolute atomic E-state index is 6.02. The van der Waals surface area contributed by atoms with Crippen LogP contribution in [0.25, 0.3) is 0 Å². The van der Waals surface area contributed by atoms with Crippen LogP contribution in [-0.2, 0) is 11.3 Å². The molecule has 1 saturated carbocycles. The van der Waals surface area contributed by atoms with Crippen LogP contribution in [-0.4, -0.2) is 34.6 Å². The van der Waals surface area contributed by atoms with Crippen molar-refractivity contribution in [3.63, 3.8) is 0 Å². The number of nitrogens with one attached hydrogen (secondary N) is 1. The van der Waals surface area contributed by atoms with Gasteiger partial charge in [-0.3, -0.25) is 0 Å². The Kier molecular flexibility index (Phi) is 5.93. The monoisotopic (exact) mass is 315 g/mol. The van der Waals surface area contributed by atoms with Crippen LogP contribution in [0.5, 0.6) is 0 Å². The average molecular weight is 316 g/mol. The lowest BCUT2D eigenvalue weighted by Crippen LogP contribution is -2.35. The first-order valence-electron chi connectivity index (χ1n) is 6.99. The van der Waals surface area contributed by atoms with Gasteiger partial charge in [-0.1, -0.05) is 30.9 Å². The lowest BCUT2D eigenvalue weighted by molar-refractivity contribution is 0.178. The van der Waals surface area contributed by atoms with Crippen molar-refractivity contribution >= 4 is 29.2 Å². The Morgan fingerprint density at radius 1 is 1.35 bits per heavy atom. The molecule has 112 valence electrons. The molecule has 1 aliphatic carbocycles. The average Bonchev–Trinajstić information content (AvgIpc) is 2.46. The maximum atomic E-state index is 6.02. The van der Waals surface area contributed by atoms with Crippen LogP contribution in [0.2, 0.25) is 5.15 Å². The quantitative estimate of drug-likeness (QED) is 0.810. The first-order chi connectivity index (χ1) is 9.67.